The van der Waals surface area contributed by atoms with E-state index < -0.39 is 26.2 Å². The van der Waals surface area contributed by atoms with Crippen LogP contribution in [0.25, 0.3) is 33.4 Å². The summed E-state index contributed by atoms with van der Waals surface area (Å²) in [5.41, 5.74) is 16.1. The molecule has 3 aliphatic rings. The fourth-order valence-corrected chi connectivity index (χ4v) is 18.3. The number of rotatable bonds is 7. The van der Waals surface area contributed by atoms with Crippen molar-refractivity contribution in [3.8, 4) is 44.9 Å². The summed E-state index contributed by atoms with van der Waals surface area (Å²) >= 11 is 0. The van der Waals surface area contributed by atoms with E-state index in [0.717, 1.165) is 62.1 Å². The molecular weight excluding hydrogens is 1230 g/mol. The smallest absolute Gasteiger partial charge is 0.135 e. The summed E-state index contributed by atoms with van der Waals surface area (Å²) in [6, 6.07) is 62.8. The average molecular weight is 1310 g/mol. The van der Waals surface area contributed by atoms with Gasteiger partial charge in [-0.1, -0.05) is 233 Å². The van der Waals surface area contributed by atoms with Crippen LogP contribution in [0.3, 0.4) is 0 Å². The van der Waals surface area contributed by atoms with Crippen LogP contribution in [-0.2, 0) is 42.7 Å². The van der Waals surface area contributed by atoms with Crippen molar-refractivity contribution in [2.24, 2.45) is 0 Å². The molecular formula is C78H75N4OPtSi-3. The summed E-state index contributed by atoms with van der Waals surface area (Å²) in [7, 11) is -3.05. The Morgan fingerprint density at radius 2 is 1.04 bits per heavy atom. The molecule has 0 amide bonds. The topological polar surface area (TPSA) is 31.8 Å². The predicted molar refractivity (Wildman–Crippen MR) is 356 cm³/mol. The van der Waals surface area contributed by atoms with Crippen LogP contribution in [0.1, 0.15) is 123 Å². The molecule has 3 aliphatic heterocycles. The van der Waals surface area contributed by atoms with Crippen LogP contribution >= 0.6 is 0 Å². The van der Waals surface area contributed by atoms with Gasteiger partial charge in [-0.05, 0) is 120 Å². The van der Waals surface area contributed by atoms with Gasteiger partial charge in [-0.3, -0.25) is 0 Å². The first-order chi connectivity index (χ1) is 42.0. The van der Waals surface area contributed by atoms with Gasteiger partial charge in [0.05, 0.1) is 6.85 Å². The molecule has 1 aromatic heterocycles. The van der Waals surface area contributed by atoms with Gasteiger partial charge in [0.25, 0.3) is 0 Å². The Bertz CT molecular complexity index is 4460. The zero-order valence-corrected chi connectivity index (χ0v) is 54.5. The van der Waals surface area contributed by atoms with Crippen molar-refractivity contribution in [1.82, 2.24) is 4.98 Å². The van der Waals surface area contributed by atoms with Gasteiger partial charge in [-0.15, -0.1) is 53.4 Å². The van der Waals surface area contributed by atoms with Gasteiger partial charge in [0.15, 0.2) is 0 Å². The Morgan fingerprint density at radius 1 is 0.471 bits per heavy atom. The molecule has 0 atom stereocenters. The van der Waals surface area contributed by atoms with Crippen molar-refractivity contribution < 1.29 is 32.7 Å². The normalized spacial score (nSPS) is 14.9. The van der Waals surface area contributed by atoms with Gasteiger partial charge >= 0.3 is 0 Å². The molecule has 0 fully saturated rings. The van der Waals surface area contributed by atoms with E-state index in [2.05, 4.69) is 257 Å². The minimum atomic E-state index is -3.05. The number of pyridine rings is 1. The van der Waals surface area contributed by atoms with Gasteiger partial charge in [0.2, 0.25) is 0 Å². The molecule has 0 N–H and O–H groups in total. The van der Waals surface area contributed by atoms with E-state index >= 15 is 0 Å². The number of aryl methyl sites for hydroxylation is 2. The summed E-state index contributed by atoms with van der Waals surface area (Å²) in [4.78, 5) is 11.7. The SMILES string of the molecule is [2H]c1c([2H])c([2H])c(-c2cccc(-c3cc(C(C)(C)C)cc(C(C)(C)C)c3)c2N2[CH-]N(c3[c-]c(Oc4[c-]c5c(cc4)[Si]4(c6cc(C)ccc6-c6ccc(C)cc64)c4ccccc4N5c4cc(C(C)(C)C)ccn4)cc(C(C)(C)C)c3)c3ccccc32)c([2H])c1[2H].[Pt]. The maximum Gasteiger partial charge on any atom is 0.135 e. The van der Waals surface area contributed by atoms with E-state index in [0.29, 0.717) is 22.7 Å². The molecule has 4 heterocycles. The van der Waals surface area contributed by atoms with Gasteiger partial charge < -0.3 is 19.4 Å². The van der Waals surface area contributed by atoms with Gasteiger partial charge in [-0.2, -0.15) is 6.07 Å². The molecule has 9 aromatic carbocycles. The fourth-order valence-electron chi connectivity index (χ4n) is 12.6. The molecule has 5 nitrogen and oxygen atoms in total. The number of anilines is 7. The van der Waals surface area contributed by atoms with Crippen molar-refractivity contribution in [3.63, 3.8) is 0 Å². The minimum absolute atomic E-state index is 0. The first-order valence-electron chi connectivity index (χ1n) is 31.8. The third-order valence-corrected chi connectivity index (χ3v) is 22.1. The number of aromatic nitrogens is 1. The maximum absolute atomic E-state index is 9.41. The average Bonchev–Trinajstić information content (AvgIpc) is 1.42. The van der Waals surface area contributed by atoms with E-state index in [1.165, 1.54) is 48.6 Å². The molecule has 85 heavy (non-hydrogen) atoms. The predicted octanol–water partition coefficient (Wildman–Crippen LogP) is 18.2. The molecule has 7 heteroatoms. The van der Waals surface area contributed by atoms with Crippen molar-refractivity contribution in [2.45, 2.75) is 119 Å². The Balaban J connectivity index is 0.00000785. The first kappa shape index (κ1) is 51.6. The second kappa shape index (κ2) is 21.0. The van der Waals surface area contributed by atoms with Crippen LogP contribution in [-0.4, -0.2) is 13.1 Å². The Hall–Kier alpha value is -7.76. The van der Waals surface area contributed by atoms with Crippen LogP contribution < -0.4 is 40.2 Å². The Labute approximate surface area is 527 Å². The number of fused-ring (bicyclic) bond motifs is 10. The molecule has 0 radical (unpaired) electrons. The molecule has 0 saturated heterocycles. The quantitative estimate of drug-likeness (QED) is 0.117. The third-order valence-electron chi connectivity index (χ3n) is 17.2. The van der Waals surface area contributed by atoms with Crippen LogP contribution in [0.5, 0.6) is 11.5 Å². The zero-order valence-electron chi connectivity index (χ0n) is 56.2. The summed E-state index contributed by atoms with van der Waals surface area (Å²) in [6.07, 6.45) is 1.93. The Morgan fingerprint density at radius 3 is 1.65 bits per heavy atom. The second-order valence-corrected chi connectivity index (χ2v) is 30.9. The van der Waals surface area contributed by atoms with E-state index in [-0.39, 0.29) is 60.4 Å². The summed E-state index contributed by atoms with van der Waals surface area (Å²) in [6.45, 7) is 33.1. The van der Waals surface area contributed by atoms with Crippen LogP contribution in [0.4, 0.5) is 39.9 Å². The standard InChI is InChI=1S/C78H75N4OSi.Pt/c1-50-31-34-63-64-35-32-51(2)40-72(64)84(71(63)39-50)69-30-21-20-29-67(69)82(73-46-54(37-38-79-73)75(3,4)5)68-48-59(33-36-70(68)84)83-60-45-57(78(12,13)14)44-58(47-60)80-49-81(66-28-19-18-27-65(66)80)74-61(52-23-16-15-17-24-52)25-22-26-62(74)53-41-55(76(6,7)8)43-56(42-53)77(9,10)11;/h15-46,49H,1-14H3;/q-3;/i15D,16D,17D,23D,24D;. The maximum atomic E-state index is 9.41. The molecule has 0 aliphatic carbocycles. The number of hydrogen-bond acceptors (Lipinski definition) is 5. The van der Waals surface area contributed by atoms with E-state index in [1.54, 1.807) is 0 Å². The van der Waals surface area contributed by atoms with E-state index in [1.807, 2.05) is 37.1 Å². The zero-order chi connectivity index (χ0) is 63.2. The number of para-hydroxylation sites is 4. The van der Waals surface area contributed by atoms with Crippen molar-refractivity contribution in [3.05, 3.63) is 246 Å². The molecule has 1 spiro atoms. The molecule has 0 saturated carbocycles. The van der Waals surface area contributed by atoms with Gasteiger partial charge in [0, 0.05) is 72.6 Å². The number of nitrogens with zero attached hydrogens (tertiary/aromatic N) is 4. The van der Waals surface area contributed by atoms with E-state index in [4.69, 9.17) is 13.8 Å². The van der Waals surface area contributed by atoms with Gasteiger partial charge in [-0.25, -0.2) is 4.98 Å². The molecule has 13 rings (SSSR count). The summed E-state index contributed by atoms with van der Waals surface area (Å²) < 4.78 is 52.5. The van der Waals surface area contributed by atoms with Crippen molar-refractivity contribution >= 4 is 68.8 Å². The molecule has 10 aromatic rings. The van der Waals surface area contributed by atoms with Crippen molar-refractivity contribution in [2.75, 3.05) is 14.7 Å². The summed E-state index contributed by atoms with van der Waals surface area (Å²) in [5, 5.41) is 5.25. The number of hydrogen-bond donors (Lipinski definition) is 0. The third kappa shape index (κ3) is 9.97. The second-order valence-electron chi connectivity index (χ2n) is 27.3. The Kier molecular flexibility index (Phi) is 12.8. The minimum Gasteiger partial charge on any atom is -0.509 e. The largest absolute Gasteiger partial charge is 0.509 e. The first-order valence-corrected chi connectivity index (χ1v) is 31.3. The number of ether oxygens (including phenoxy) is 1. The monoisotopic (exact) mass is 1310 g/mol. The molecule has 0 unspecified atom stereocenters. The molecule has 430 valence electrons. The van der Waals surface area contributed by atoms with Crippen LogP contribution in [0.2, 0.25) is 0 Å². The van der Waals surface area contributed by atoms with Gasteiger partial charge in [0.1, 0.15) is 13.9 Å². The van der Waals surface area contributed by atoms with Crippen molar-refractivity contribution in [1.29, 1.82) is 0 Å². The van der Waals surface area contributed by atoms with Crippen LogP contribution in [0.15, 0.2) is 194 Å². The number of benzene rings is 9. The molecule has 0 bridgehead atoms. The summed E-state index contributed by atoms with van der Waals surface area (Å²) in [5.74, 6) is 1.84. The fraction of sp³-hybridized carbons (Fsp3) is 0.231. The van der Waals surface area contributed by atoms with E-state index in [9.17, 15) is 2.74 Å². The van der Waals surface area contributed by atoms with Crippen LogP contribution in [0, 0.1) is 32.6 Å².